The zero-order valence-corrected chi connectivity index (χ0v) is 24.0. The van der Waals surface area contributed by atoms with Gasteiger partial charge in [-0.2, -0.15) is 5.10 Å². The molecule has 0 radical (unpaired) electrons. The fourth-order valence-electron chi connectivity index (χ4n) is 6.27. The summed E-state index contributed by atoms with van der Waals surface area (Å²) < 4.78 is 22.3. The van der Waals surface area contributed by atoms with Crippen LogP contribution in [0.3, 0.4) is 0 Å². The molecule has 0 unspecified atom stereocenters. The predicted molar refractivity (Wildman–Crippen MR) is 161 cm³/mol. The molecule has 7 rings (SSSR count). The molecule has 3 aromatic carbocycles. The summed E-state index contributed by atoms with van der Waals surface area (Å²) in [7, 11) is 0. The van der Waals surface area contributed by atoms with Gasteiger partial charge in [-0.05, 0) is 67.5 Å². The van der Waals surface area contributed by atoms with E-state index in [0.29, 0.717) is 47.9 Å². The maximum atomic E-state index is 15.5. The Kier molecular flexibility index (Phi) is 6.76. The number of aromatic nitrogens is 3. The van der Waals surface area contributed by atoms with Gasteiger partial charge in [-0.25, -0.2) is 13.9 Å². The van der Waals surface area contributed by atoms with Gasteiger partial charge in [-0.15, -0.1) is 0 Å². The van der Waals surface area contributed by atoms with Crippen LogP contribution in [-0.4, -0.2) is 44.5 Å². The van der Waals surface area contributed by atoms with E-state index in [1.165, 1.54) is 11.6 Å². The van der Waals surface area contributed by atoms with Crippen molar-refractivity contribution in [2.45, 2.75) is 38.6 Å². The predicted octanol–water partition coefficient (Wildman–Crippen LogP) is 6.63. The minimum Gasteiger partial charge on any atom is -0.466 e. The zero-order chi connectivity index (χ0) is 29.7. The molecule has 43 heavy (non-hydrogen) atoms. The number of nitrogens with zero attached hydrogens (tertiary/aromatic N) is 4. The highest BCUT2D eigenvalue weighted by atomic mass is 19.1. The number of carbonyl (C=O) groups is 2. The van der Waals surface area contributed by atoms with Crippen molar-refractivity contribution >= 4 is 17.5 Å². The second-order valence-electron chi connectivity index (χ2n) is 11.3. The highest BCUT2D eigenvalue weighted by Gasteiger charge is 2.45. The monoisotopic (exact) mass is 574 g/mol. The van der Waals surface area contributed by atoms with E-state index in [4.69, 9.17) is 14.8 Å². The molecule has 1 saturated carbocycles. The molecule has 0 spiro atoms. The number of halogens is 1. The van der Waals surface area contributed by atoms with Crippen molar-refractivity contribution in [3.63, 3.8) is 0 Å². The molecule has 7 nitrogen and oxygen atoms in total. The van der Waals surface area contributed by atoms with Gasteiger partial charge in [0, 0.05) is 23.7 Å². The van der Waals surface area contributed by atoms with E-state index in [2.05, 4.69) is 12.1 Å². The summed E-state index contributed by atoms with van der Waals surface area (Å²) in [5.41, 5.74) is 6.26. The molecule has 1 aliphatic carbocycles. The van der Waals surface area contributed by atoms with E-state index >= 15 is 4.39 Å². The van der Waals surface area contributed by atoms with Gasteiger partial charge in [0.05, 0.1) is 30.0 Å². The number of esters is 1. The number of amides is 1. The molecule has 0 N–H and O–H groups in total. The summed E-state index contributed by atoms with van der Waals surface area (Å²) in [5.74, 6) is -1.06. The molecule has 0 bridgehead atoms. The zero-order valence-electron chi connectivity index (χ0n) is 24.0. The van der Waals surface area contributed by atoms with E-state index < -0.39 is 5.82 Å². The Hall–Kier alpha value is -4.85. The Labute approximate surface area is 248 Å². The maximum Gasteiger partial charge on any atom is 0.309 e. The molecule has 3 heterocycles. The van der Waals surface area contributed by atoms with Gasteiger partial charge in [0.2, 0.25) is 0 Å². The number of rotatable bonds is 6. The SMILES string of the molecule is CCOC(=O)[C@@H]1C[C@H]1c1ccc(-c2cc3nc(C(=O)N4CCc5ccccc5[C@H]4C)cc(-c4ccccc4)n3n2)c(F)c1. The molecule has 3 atom stereocenters. The Bertz CT molecular complexity index is 1870. The molecule has 1 amide bonds. The lowest BCUT2D eigenvalue weighted by Crippen LogP contribution is -2.39. The number of hydrogen-bond donors (Lipinski definition) is 0. The molecular weight excluding hydrogens is 543 g/mol. The van der Waals surface area contributed by atoms with Gasteiger partial charge in [0.15, 0.2) is 5.65 Å². The van der Waals surface area contributed by atoms with Crippen molar-refractivity contribution < 1.29 is 18.7 Å². The molecule has 0 saturated heterocycles. The van der Waals surface area contributed by atoms with Crippen molar-refractivity contribution in [2.75, 3.05) is 13.2 Å². The molecule has 1 aliphatic heterocycles. The van der Waals surface area contributed by atoms with Crippen LogP contribution in [0, 0.1) is 11.7 Å². The van der Waals surface area contributed by atoms with Crippen LogP contribution in [0.5, 0.6) is 0 Å². The third-order valence-corrected chi connectivity index (χ3v) is 8.65. The van der Waals surface area contributed by atoms with E-state index in [9.17, 15) is 9.59 Å². The van der Waals surface area contributed by atoms with Crippen LogP contribution in [-0.2, 0) is 16.0 Å². The normalized spacial score (nSPS) is 19.2. The van der Waals surface area contributed by atoms with Crippen LogP contribution < -0.4 is 0 Å². The third-order valence-electron chi connectivity index (χ3n) is 8.65. The molecule has 2 aromatic heterocycles. The molecule has 5 aromatic rings. The lowest BCUT2D eigenvalue weighted by atomic mass is 9.93. The van der Waals surface area contributed by atoms with E-state index in [-0.39, 0.29) is 29.8 Å². The topological polar surface area (TPSA) is 76.8 Å². The number of fused-ring (bicyclic) bond motifs is 2. The summed E-state index contributed by atoms with van der Waals surface area (Å²) in [6, 6.07) is 26.4. The number of ether oxygens (including phenoxy) is 1. The van der Waals surface area contributed by atoms with Crippen LogP contribution in [0.4, 0.5) is 4.39 Å². The maximum absolute atomic E-state index is 15.5. The number of carbonyl (C=O) groups excluding carboxylic acids is 2. The average molecular weight is 575 g/mol. The second-order valence-corrected chi connectivity index (χ2v) is 11.3. The summed E-state index contributed by atoms with van der Waals surface area (Å²) in [4.78, 5) is 32.6. The van der Waals surface area contributed by atoms with E-state index in [1.807, 2.05) is 60.4 Å². The second kappa shape index (κ2) is 10.8. The summed E-state index contributed by atoms with van der Waals surface area (Å²) in [6.45, 7) is 4.76. The van der Waals surface area contributed by atoms with Crippen molar-refractivity contribution in [3.8, 4) is 22.5 Å². The Morgan fingerprint density at radius 3 is 2.58 bits per heavy atom. The molecule has 216 valence electrons. The van der Waals surface area contributed by atoms with Crippen LogP contribution in [0.15, 0.2) is 84.9 Å². The highest BCUT2D eigenvalue weighted by Crippen LogP contribution is 2.48. The van der Waals surface area contributed by atoms with E-state index in [1.54, 1.807) is 29.6 Å². The average Bonchev–Trinajstić information content (AvgIpc) is 3.72. The lowest BCUT2D eigenvalue weighted by Gasteiger charge is -2.35. The fraction of sp³-hybridized carbons (Fsp3) is 0.257. The van der Waals surface area contributed by atoms with Crippen molar-refractivity contribution in [1.29, 1.82) is 0 Å². The van der Waals surface area contributed by atoms with Crippen molar-refractivity contribution in [2.24, 2.45) is 5.92 Å². The van der Waals surface area contributed by atoms with Crippen LogP contribution >= 0.6 is 0 Å². The van der Waals surface area contributed by atoms with Crippen LogP contribution in [0.2, 0.25) is 0 Å². The summed E-state index contributed by atoms with van der Waals surface area (Å²) in [6.07, 6.45) is 1.45. The van der Waals surface area contributed by atoms with Gasteiger partial charge < -0.3 is 9.64 Å². The molecule has 2 aliphatic rings. The first kappa shape index (κ1) is 27.0. The quantitative estimate of drug-likeness (QED) is 0.213. The van der Waals surface area contributed by atoms with Crippen molar-refractivity contribution in [3.05, 3.63) is 113 Å². The molecule has 8 heteroatoms. The van der Waals surface area contributed by atoms with E-state index in [0.717, 1.165) is 23.1 Å². The highest BCUT2D eigenvalue weighted by molar-refractivity contribution is 5.94. The smallest absolute Gasteiger partial charge is 0.309 e. The number of benzene rings is 3. The standard InChI is InChI=1S/C35H31FN4O3/c1-3-43-35(42)28-18-27(28)24-13-14-26(29(36)17-24)30-20-33-37-31(19-32(40(33)38-30)23-10-5-4-6-11-23)34(41)39-16-15-22-9-7-8-12-25(22)21(39)2/h4-14,17,19-21,27-28H,3,15-16,18H2,1-2H3/t21-,27+,28-/m1/s1. The third kappa shape index (κ3) is 4.86. The van der Waals surface area contributed by atoms with Gasteiger partial charge in [0.1, 0.15) is 11.5 Å². The lowest BCUT2D eigenvalue weighted by molar-refractivity contribution is -0.144. The fourth-order valence-corrected chi connectivity index (χ4v) is 6.27. The van der Waals surface area contributed by atoms with Gasteiger partial charge in [0.25, 0.3) is 5.91 Å². The minimum atomic E-state index is -0.422. The summed E-state index contributed by atoms with van der Waals surface area (Å²) in [5, 5.41) is 4.75. The first-order valence-electron chi connectivity index (χ1n) is 14.7. The largest absolute Gasteiger partial charge is 0.466 e. The van der Waals surface area contributed by atoms with Crippen LogP contribution in [0.25, 0.3) is 28.2 Å². The Morgan fingerprint density at radius 2 is 1.79 bits per heavy atom. The Balaban J connectivity index is 1.25. The van der Waals surface area contributed by atoms with Gasteiger partial charge >= 0.3 is 5.97 Å². The Morgan fingerprint density at radius 1 is 1.00 bits per heavy atom. The summed E-state index contributed by atoms with van der Waals surface area (Å²) >= 11 is 0. The first-order valence-corrected chi connectivity index (χ1v) is 14.7. The minimum absolute atomic E-state index is 0.0345. The van der Waals surface area contributed by atoms with Gasteiger partial charge in [-0.1, -0.05) is 60.7 Å². The number of hydrogen-bond acceptors (Lipinski definition) is 5. The van der Waals surface area contributed by atoms with Crippen LogP contribution in [0.1, 0.15) is 59.4 Å². The molecular formula is C35H31FN4O3. The van der Waals surface area contributed by atoms with Crippen molar-refractivity contribution in [1.82, 2.24) is 19.5 Å². The molecule has 1 fully saturated rings. The van der Waals surface area contributed by atoms with Gasteiger partial charge in [-0.3, -0.25) is 9.59 Å². The first-order chi connectivity index (χ1) is 20.9.